The highest BCUT2D eigenvalue weighted by Gasteiger charge is 2.12. The molecule has 0 atom stereocenters. The van der Waals surface area contributed by atoms with Crippen LogP contribution in [0, 0.1) is 0 Å². The molecule has 1 heterocycles. The largest absolute Gasteiger partial charge is 0.496 e. The Bertz CT molecular complexity index is 559. The molecule has 1 aromatic rings. The van der Waals surface area contributed by atoms with Crippen LogP contribution in [0.2, 0.25) is 0 Å². The Kier molecular flexibility index (Phi) is 8.38. The number of hydrogen-bond donors (Lipinski definition) is 2. The van der Waals surface area contributed by atoms with Gasteiger partial charge < -0.3 is 20.1 Å². The second-order valence-corrected chi connectivity index (χ2v) is 5.93. The van der Waals surface area contributed by atoms with Gasteiger partial charge in [0.05, 0.1) is 25.9 Å². The fraction of sp³-hybridized carbons (Fsp3) is 0.556. The molecule has 1 fully saturated rings. The van der Waals surface area contributed by atoms with Crippen LogP contribution in [-0.2, 0) is 22.5 Å². The van der Waals surface area contributed by atoms with Crippen LogP contribution in [0.1, 0.15) is 21.5 Å². The van der Waals surface area contributed by atoms with Gasteiger partial charge in [-0.25, -0.2) is 0 Å². The van der Waals surface area contributed by atoms with E-state index in [0.717, 1.165) is 56.8 Å². The average molecular weight is 349 g/mol. The standard InChI is InChI=1S/C18H27N3O4/c1-24-18-11-15(2-3-20-14-23)16(10-17(18)13-22)12-19-4-5-21-6-8-25-9-7-21/h10-11,13-14,19H,2-9,12H2,1H3,(H,20,23). The summed E-state index contributed by atoms with van der Waals surface area (Å²) >= 11 is 0. The van der Waals surface area contributed by atoms with Gasteiger partial charge in [-0.1, -0.05) is 0 Å². The van der Waals surface area contributed by atoms with Crippen molar-refractivity contribution in [3.05, 3.63) is 28.8 Å². The predicted octanol–water partition coefficient (Wildman–Crippen LogP) is 0.218. The summed E-state index contributed by atoms with van der Waals surface area (Å²) < 4.78 is 10.6. The smallest absolute Gasteiger partial charge is 0.207 e. The lowest BCUT2D eigenvalue weighted by atomic mass is 10.0. The summed E-state index contributed by atoms with van der Waals surface area (Å²) in [6.07, 6.45) is 2.19. The van der Waals surface area contributed by atoms with E-state index in [0.29, 0.717) is 37.2 Å². The Morgan fingerprint density at radius 3 is 2.68 bits per heavy atom. The monoisotopic (exact) mass is 349 g/mol. The number of nitrogens with one attached hydrogen (secondary N) is 2. The lowest BCUT2D eigenvalue weighted by Gasteiger charge is -2.26. The molecule has 1 aliphatic rings. The second kappa shape index (κ2) is 10.8. The number of amides is 1. The van der Waals surface area contributed by atoms with Crippen molar-refractivity contribution in [1.29, 1.82) is 0 Å². The van der Waals surface area contributed by atoms with Crippen LogP contribution in [0.15, 0.2) is 12.1 Å². The van der Waals surface area contributed by atoms with Crippen LogP contribution in [0.3, 0.4) is 0 Å². The molecular weight excluding hydrogens is 322 g/mol. The van der Waals surface area contributed by atoms with E-state index in [1.807, 2.05) is 12.1 Å². The maximum Gasteiger partial charge on any atom is 0.207 e. The quantitative estimate of drug-likeness (QED) is 0.439. The van der Waals surface area contributed by atoms with Crippen molar-refractivity contribution in [2.24, 2.45) is 0 Å². The number of morpholine rings is 1. The van der Waals surface area contributed by atoms with Gasteiger partial charge in [0.25, 0.3) is 0 Å². The number of carbonyl (C=O) groups is 2. The first-order valence-corrected chi connectivity index (χ1v) is 8.61. The van der Waals surface area contributed by atoms with Gasteiger partial charge >= 0.3 is 0 Å². The van der Waals surface area contributed by atoms with Crippen molar-refractivity contribution in [1.82, 2.24) is 15.5 Å². The van der Waals surface area contributed by atoms with E-state index >= 15 is 0 Å². The molecule has 138 valence electrons. The van der Waals surface area contributed by atoms with E-state index in [1.54, 1.807) is 7.11 Å². The molecule has 0 spiro atoms. The van der Waals surface area contributed by atoms with Crippen molar-refractivity contribution in [3.63, 3.8) is 0 Å². The number of methoxy groups -OCH3 is 1. The highest BCUT2D eigenvalue weighted by molar-refractivity contribution is 5.80. The average Bonchev–Trinajstić information content (AvgIpc) is 2.66. The van der Waals surface area contributed by atoms with E-state index in [1.165, 1.54) is 0 Å². The van der Waals surface area contributed by atoms with E-state index in [2.05, 4.69) is 15.5 Å². The van der Waals surface area contributed by atoms with Crippen LogP contribution in [-0.4, -0.2) is 70.6 Å². The molecule has 7 nitrogen and oxygen atoms in total. The third-order valence-electron chi connectivity index (χ3n) is 4.32. The van der Waals surface area contributed by atoms with Gasteiger partial charge in [0.2, 0.25) is 6.41 Å². The first kappa shape index (κ1) is 19.4. The highest BCUT2D eigenvalue weighted by atomic mass is 16.5. The van der Waals surface area contributed by atoms with Gasteiger partial charge in [0.1, 0.15) is 5.75 Å². The molecule has 2 rings (SSSR count). The summed E-state index contributed by atoms with van der Waals surface area (Å²) in [6, 6.07) is 3.75. The lowest BCUT2D eigenvalue weighted by molar-refractivity contribution is -0.109. The summed E-state index contributed by atoms with van der Waals surface area (Å²) in [5.41, 5.74) is 2.66. The molecule has 1 saturated heterocycles. The molecular formula is C18H27N3O4. The summed E-state index contributed by atoms with van der Waals surface area (Å²) in [4.78, 5) is 24.1. The zero-order valence-corrected chi connectivity index (χ0v) is 14.8. The van der Waals surface area contributed by atoms with Gasteiger partial charge in [0, 0.05) is 39.3 Å². The fourth-order valence-electron chi connectivity index (χ4n) is 2.90. The molecule has 1 aromatic carbocycles. The normalized spacial score (nSPS) is 14.9. The third-order valence-corrected chi connectivity index (χ3v) is 4.32. The Labute approximate surface area is 148 Å². The number of ether oxygens (including phenoxy) is 2. The topological polar surface area (TPSA) is 79.9 Å². The number of rotatable bonds is 11. The Balaban J connectivity index is 1.95. The molecule has 0 saturated carbocycles. The zero-order valence-electron chi connectivity index (χ0n) is 14.8. The summed E-state index contributed by atoms with van der Waals surface area (Å²) in [7, 11) is 1.55. The van der Waals surface area contributed by atoms with Crippen molar-refractivity contribution >= 4 is 12.7 Å². The Morgan fingerprint density at radius 2 is 2.00 bits per heavy atom. The molecule has 7 heteroatoms. The van der Waals surface area contributed by atoms with Crippen molar-refractivity contribution in [2.75, 3.05) is 53.0 Å². The van der Waals surface area contributed by atoms with Gasteiger partial charge in [-0.05, 0) is 29.7 Å². The summed E-state index contributed by atoms with van der Waals surface area (Å²) in [5, 5.41) is 6.11. The Hall–Kier alpha value is -1.96. The van der Waals surface area contributed by atoms with E-state index < -0.39 is 0 Å². The van der Waals surface area contributed by atoms with Gasteiger partial charge in [-0.2, -0.15) is 0 Å². The van der Waals surface area contributed by atoms with Gasteiger partial charge in [0.15, 0.2) is 6.29 Å². The zero-order chi connectivity index (χ0) is 17.9. The van der Waals surface area contributed by atoms with Crippen molar-refractivity contribution in [3.8, 4) is 5.75 Å². The maximum atomic E-state index is 11.3. The molecule has 0 radical (unpaired) electrons. The van der Waals surface area contributed by atoms with Crippen LogP contribution in [0.25, 0.3) is 0 Å². The third kappa shape index (κ3) is 6.12. The minimum Gasteiger partial charge on any atom is -0.496 e. The molecule has 0 aromatic heterocycles. The lowest BCUT2D eigenvalue weighted by Crippen LogP contribution is -2.40. The van der Waals surface area contributed by atoms with E-state index in [4.69, 9.17) is 9.47 Å². The predicted molar refractivity (Wildman–Crippen MR) is 95.1 cm³/mol. The minimum atomic E-state index is 0.541. The number of benzene rings is 1. The van der Waals surface area contributed by atoms with Crippen LogP contribution in [0.4, 0.5) is 0 Å². The molecule has 2 N–H and O–H groups in total. The number of aldehydes is 1. The van der Waals surface area contributed by atoms with E-state index in [9.17, 15) is 9.59 Å². The fourth-order valence-corrected chi connectivity index (χ4v) is 2.90. The van der Waals surface area contributed by atoms with Crippen LogP contribution < -0.4 is 15.4 Å². The number of carbonyl (C=O) groups excluding carboxylic acids is 2. The van der Waals surface area contributed by atoms with Gasteiger partial charge in [-0.15, -0.1) is 0 Å². The molecule has 0 unspecified atom stereocenters. The number of nitrogens with zero attached hydrogens (tertiary/aromatic N) is 1. The minimum absolute atomic E-state index is 0.541. The van der Waals surface area contributed by atoms with Gasteiger partial charge in [-0.3, -0.25) is 14.5 Å². The molecule has 1 aliphatic heterocycles. The van der Waals surface area contributed by atoms with Crippen molar-refractivity contribution < 1.29 is 19.1 Å². The number of hydrogen-bond acceptors (Lipinski definition) is 6. The molecule has 1 amide bonds. The molecule has 25 heavy (non-hydrogen) atoms. The second-order valence-electron chi connectivity index (χ2n) is 5.93. The van der Waals surface area contributed by atoms with E-state index in [-0.39, 0.29) is 0 Å². The maximum absolute atomic E-state index is 11.3. The first-order valence-electron chi connectivity index (χ1n) is 8.61. The molecule has 0 bridgehead atoms. The summed E-state index contributed by atoms with van der Waals surface area (Å²) in [5.74, 6) is 0.563. The molecule has 0 aliphatic carbocycles. The Morgan fingerprint density at radius 1 is 1.20 bits per heavy atom. The SMILES string of the molecule is COc1cc(CCNC=O)c(CNCCN2CCOCC2)cc1C=O. The van der Waals surface area contributed by atoms with Crippen LogP contribution >= 0.6 is 0 Å². The summed E-state index contributed by atoms with van der Waals surface area (Å²) in [6.45, 7) is 6.62. The van der Waals surface area contributed by atoms with Crippen LogP contribution in [0.5, 0.6) is 5.75 Å². The first-order chi connectivity index (χ1) is 12.3. The highest BCUT2D eigenvalue weighted by Crippen LogP contribution is 2.23. The van der Waals surface area contributed by atoms with Crippen molar-refractivity contribution in [2.45, 2.75) is 13.0 Å².